The quantitative estimate of drug-likeness (QED) is 0.812. The van der Waals surface area contributed by atoms with Gasteiger partial charge in [-0.1, -0.05) is 6.07 Å². The van der Waals surface area contributed by atoms with Crippen LogP contribution in [0.25, 0.3) is 0 Å². The molecule has 3 aliphatic carbocycles. The number of nitrogens with zero attached hydrogens (tertiary/aromatic N) is 1. The lowest BCUT2D eigenvalue weighted by Crippen LogP contribution is -2.74. The van der Waals surface area contributed by atoms with Crippen molar-refractivity contribution in [3.63, 3.8) is 0 Å². The molecule has 28 heavy (non-hydrogen) atoms. The first-order chi connectivity index (χ1) is 13.5. The fourth-order valence-electron chi connectivity index (χ4n) is 6.38. The lowest BCUT2D eigenvalue weighted by atomic mass is 9.47. The Hall–Kier alpha value is -1.43. The molecular formula is C23H31NO4. The van der Waals surface area contributed by atoms with Crippen molar-refractivity contribution in [2.45, 2.75) is 62.0 Å². The van der Waals surface area contributed by atoms with Gasteiger partial charge in [0.1, 0.15) is 11.5 Å². The summed E-state index contributed by atoms with van der Waals surface area (Å²) in [5, 5.41) is 21.7. The molecule has 0 amide bonds. The highest BCUT2D eigenvalue weighted by atomic mass is 16.5. The predicted molar refractivity (Wildman–Crippen MR) is 105 cm³/mol. The molecule has 5 rings (SSSR count). The summed E-state index contributed by atoms with van der Waals surface area (Å²) in [7, 11) is 1.67. The van der Waals surface area contributed by atoms with E-state index in [2.05, 4.69) is 17.0 Å². The number of fused-ring (bicyclic) bond motifs is 1. The highest BCUT2D eigenvalue weighted by Gasteiger charge is 2.66. The molecule has 4 aliphatic rings. The van der Waals surface area contributed by atoms with Gasteiger partial charge in [0.2, 0.25) is 0 Å². The Morgan fingerprint density at radius 3 is 2.86 bits per heavy atom. The van der Waals surface area contributed by atoms with Crippen molar-refractivity contribution in [2.24, 2.45) is 11.8 Å². The first kappa shape index (κ1) is 18.6. The lowest BCUT2D eigenvalue weighted by Gasteiger charge is -2.64. The van der Waals surface area contributed by atoms with Crippen molar-refractivity contribution in [2.75, 3.05) is 26.8 Å². The first-order valence-electron chi connectivity index (χ1n) is 10.8. The largest absolute Gasteiger partial charge is 0.497 e. The highest BCUT2D eigenvalue weighted by molar-refractivity contribution is 5.85. The number of aliphatic hydroxyl groups excluding tert-OH is 1. The smallest absolute Gasteiger partial charge is 0.137 e. The van der Waals surface area contributed by atoms with Gasteiger partial charge >= 0.3 is 0 Å². The summed E-state index contributed by atoms with van der Waals surface area (Å²) >= 11 is 0. The summed E-state index contributed by atoms with van der Waals surface area (Å²) in [6.45, 7) is 2.01. The van der Waals surface area contributed by atoms with Gasteiger partial charge in [0, 0.05) is 36.9 Å². The zero-order chi connectivity index (χ0) is 19.5. The normalized spacial score (nSPS) is 37.3. The van der Waals surface area contributed by atoms with E-state index in [1.54, 1.807) is 7.11 Å². The van der Waals surface area contributed by atoms with Crippen LogP contribution in [-0.2, 0) is 16.6 Å². The lowest BCUT2D eigenvalue weighted by molar-refractivity contribution is -0.182. The fraction of sp³-hybridized carbons (Fsp3) is 0.696. The van der Waals surface area contributed by atoms with E-state index in [4.69, 9.17) is 4.74 Å². The Morgan fingerprint density at radius 2 is 2.14 bits per heavy atom. The minimum absolute atomic E-state index is 0.000349. The van der Waals surface area contributed by atoms with Crippen LogP contribution in [0.5, 0.6) is 5.75 Å². The third-order valence-corrected chi connectivity index (χ3v) is 8.05. The Bertz CT molecular complexity index is 791. The molecule has 1 saturated heterocycles. The van der Waals surface area contributed by atoms with E-state index < -0.39 is 11.0 Å². The molecular weight excluding hydrogens is 354 g/mol. The molecule has 2 bridgehead atoms. The summed E-state index contributed by atoms with van der Waals surface area (Å²) in [5.41, 5.74) is 0.924. The number of carbonyl (C=O) groups is 1. The minimum atomic E-state index is -0.923. The molecule has 1 aromatic carbocycles. The molecule has 0 aromatic heterocycles. The standard InChI is InChI=1S/C23H31NO4/c1-28-18-5-4-16-10-21-23(27)12-17(6-9-25)20(26)13-22(23,19(16)11-18)7-8-24(21)14-15-2-3-15/h4-5,11,15,17,21,25,27H,2-3,6-10,12-14H2,1H3/t17-,21+,22+,23+/m0/s1. The van der Waals surface area contributed by atoms with Crippen LogP contribution >= 0.6 is 0 Å². The number of Topliss-reactive ketones (excluding diaryl/α,β-unsaturated/α-hetero) is 1. The van der Waals surface area contributed by atoms with Crippen LogP contribution in [0.3, 0.4) is 0 Å². The van der Waals surface area contributed by atoms with Crippen molar-refractivity contribution in [1.29, 1.82) is 0 Å². The number of ether oxygens (including phenoxy) is 1. The van der Waals surface area contributed by atoms with Gasteiger partial charge in [-0.05, 0) is 74.2 Å². The average molecular weight is 386 g/mol. The molecule has 4 atom stereocenters. The molecule has 0 spiro atoms. The second-order valence-electron chi connectivity index (χ2n) is 9.49. The second-order valence-corrected chi connectivity index (χ2v) is 9.49. The predicted octanol–water partition coefficient (Wildman–Crippen LogP) is 2.07. The second kappa shape index (κ2) is 6.54. The van der Waals surface area contributed by atoms with Crippen LogP contribution in [0.4, 0.5) is 0 Å². The van der Waals surface area contributed by atoms with E-state index in [1.165, 1.54) is 18.4 Å². The van der Waals surface area contributed by atoms with Crippen molar-refractivity contribution in [3.8, 4) is 5.75 Å². The van der Waals surface area contributed by atoms with Crippen molar-refractivity contribution in [1.82, 2.24) is 4.90 Å². The zero-order valence-electron chi connectivity index (χ0n) is 16.7. The number of hydrogen-bond acceptors (Lipinski definition) is 5. The number of aliphatic hydroxyl groups is 2. The van der Waals surface area contributed by atoms with Crippen molar-refractivity contribution >= 4 is 5.78 Å². The number of piperidine rings is 1. The number of likely N-dealkylation sites (tertiary alicyclic amines) is 1. The van der Waals surface area contributed by atoms with Crippen LogP contribution < -0.4 is 4.74 Å². The van der Waals surface area contributed by atoms with Crippen molar-refractivity contribution in [3.05, 3.63) is 29.3 Å². The van der Waals surface area contributed by atoms with E-state index in [0.29, 0.717) is 19.3 Å². The molecule has 5 nitrogen and oxygen atoms in total. The highest BCUT2D eigenvalue weighted by Crippen LogP contribution is 2.59. The van der Waals surface area contributed by atoms with Crippen LogP contribution in [0.1, 0.15) is 49.7 Å². The summed E-state index contributed by atoms with van der Waals surface area (Å²) in [6, 6.07) is 6.25. The van der Waals surface area contributed by atoms with Crippen LogP contribution in [0, 0.1) is 11.8 Å². The Labute approximate surface area is 166 Å². The first-order valence-corrected chi connectivity index (χ1v) is 10.8. The Morgan fingerprint density at radius 1 is 1.32 bits per heavy atom. The Balaban J connectivity index is 1.62. The number of methoxy groups -OCH3 is 1. The third kappa shape index (κ3) is 2.59. The summed E-state index contributed by atoms with van der Waals surface area (Å²) in [5.74, 6) is 1.52. The molecule has 1 aliphatic heterocycles. The molecule has 3 fully saturated rings. The maximum Gasteiger partial charge on any atom is 0.137 e. The number of carbonyl (C=O) groups excluding carboxylic acids is 1. The summed E-state index contributed by atoms with van der Waals surface area (Å²) < 4.78 is 5.49. The number of hydrogen-bond donors (Lipinski definition) is 2. The van der Waals surface area contributed by atoms with Gasteiger partial charge in [-0.15, -0.1) is 0 Å². The Kier molecular flexibility index (Phi) is 4.34. The van der Waals surface area contributed by atoms with Gasteiger partial charge in [-0.25, -0.2) is 0 Å². The zero-order valence-corrected chi connectivity index (χ0v) is 16.7. The maximum absolute atomic E-state index is 13.0. The topological polar surface area (TPSA) is 70.0 Å². The molecule has 1 heterocycles. The number of ketones is 1. The molecule has 5 heteroatoms. The molecule has 2 N–H and O–H groups in total. The maximum atomic E-state index is 13.0. The minimum Gasteiger partial charge on any atom is -0.497 e. The van der Waals surface area contributed by atoms with Crippen LogP contribution in [0.2, 0.25) is 0 Å². The summed E-state index contributed by atoms with van der Waals surface area (Å²) in [6.07, 6.45) is 5.53. The third-order valence-electron chi connectivity index (χ3n) is 8.05. The molecule has 0 radical (unpaired) electrons. The van der Waals surface area contributed by atoms with E-state index in [9.17, 15) is 15.0 Å². The molecule has 152 valence electrons. The number of rotatable bonds is 5. The summed E-state index contributed by atoms with van der Waals surface area (Å²) in [4.78, 5) is 15.6. The molecule has 2 saturated carbocycles. The number of benzene rings is 1. The van der Waals surface area contributed by atoms with E-state index >= 15 is 0 Å². The fourth-order valence-corrected chi connectivity index (χ4v) is 6.38. The molecule has 1 aromatic rings. The van der Waals surface area contributed by atoms with E-state index in [-0.39, 0.29) is 24.3 Å². The molecule has 0 unspecified atom stereocenters. The van der Waals surface area contributed by atoms with Crippen molar-refractivity contribution < 1.29 is 19.7 Å². The monoisotopic (exact) mass is 385 g/mol. The van der Waals surface area contributed by atoms with Gasteiger partial charge in [0.15, 0.2) is 0 Å². The van der Waals surface area contributed by atoms with Gasteiger partial charge in [0.05, 0.1) is 12.7 Å². The van der Waals surface area contributed by atoms with Crippen LogP contribution in [0.15, 0.2) is 18.2 Å². The van der Waals surface area contributed by atoms with Gasteiger partial charge in [-0.3, -0.25) is 9.69 Å². The van der Waals surface area contributed by atoms with Crippen LogP contribution in [-0.4, -0.2) is 59.3 Å². The average Bonchev–Trinajstić information content (AvgIpc) is 3.49. The van der Waals surface area contributed by atoms with E-state index in [1.807, 2.05) is 6.07 Å². The van der Waals surface area contributed by atoms with Gasteiger partial charge in [-0.2, -0.15) is 0 Å². The van der Waals surface area contributed by atoms with E-state index in [0.717, 1.165) is 43.2 Å². The SMILES string of the molecule is COc1ccc2c(c1)[C@]13CCN(CC4CC4)[C@H](C2)[C@]1(O)C[C@H](CCO)C(=O)C3. The van der Waals surface area contributed by atoms with Gasteiger partial charge in [0.25, 0.3) is 0 Å². The van der Waals surface area contributed by atoms with Gasteiger partial charge < -0.3 is 14.9 Å².